The van der Waals surface area contributed by atoms with E-state index in [-0.39, 0.29) is 6.61 Å². The lowest BCUT2D eigenvalue weighted by Crippen LogP contribution is -2.73. The first-order valence-electron chi connectivity index (χ1n) is 7.21. The van der Waals surface area contributed by atoms with E-state index in [1.165, 1.54) is 6.92 Å². The number of benzene rings is 1. The standard InChI is InChI=1S/C15H17F3N2O3S/c1-3-23-12(21)10-11(9-6-4-5-8(2)7-9)19-13(24)20-14(10,22)15(16,17)18/h4-7,10-11,22H,3H2,1-2H3,(H2,19,20,24). The SMILES string of the molecule is CCOC(=O)C1C(c2cccc(C)c2)NC(=S)NC1(O)C(F)(F)F. The number of carbonyl (C=O) groups is 1. The summed E-state index contributed by atoms with van der Waals surface area (Å²) in [6.45, 7) is 3.12. The Morgan fingerprint density at radius 2 is 2.12 bits per heavy atom. The maximum absolute atomic E-state index is 13.5. The van der Waals surface area contributed by atoms with E-state index in [4.69, 9.17) is 17.0 Å². The molecule has 1 saturated heterocycles. The molecule has 1 aliphatic heterocycles. The fourth-order valence-corrected chi connectivity index (χ4v) is 2.96. The molecule has 0 spiro atoms. The summed E-state index contributed by atoms with van der Waals surface area (Å²) in [5.74, 6) is -3.14. The summed E-state index contributed by atoms with van der Waals surface area (Å²) in [7, 11) is 0. The van der Waals surface area contributed by atoms with E-state index < -0.39 is 34.9 Å². The van der Waals surface area contributed by atoms with Crippen molar-refractivity contribution in [1.29, 1.82) is 0 Å². The Kier molecular flexibility index (Phi) is 5.05. The molecule has 1 aromatic rings. The molecule has 3 N–H and O–H groups in total. The first-order chi connectivity index (χ1) is 11.1. The van der Waals surface area contributed by atoms with Gasteiger partial charge >= 0.3 is 12.1 Å². The molecule has 0 bridgehead atoms. The number of thiocarbonyl (C=S) groups is 1. The molecule has 24 heavy (non-hydrogen) atoms. The van der Waals surface area contributed by atoms with Crippen LogP contribution >= 0.6 is 12.2 Å². The van der Waals surface area contributed by atoms with Crippen LogP contribution in [-0.4, -0.2) is 34.7 Å². The summed E-state index contributed by atoms with van der Waals surface area (Å²) in [5.41, 5.74) is -2.35. The van der Waals surface area contributed by atoms with Gasteiger partial charge in [-0.2, -0.15) is 13.2 Å². The minimum absolute atomic E-state index is 0.117. The van der Waals surface area contributed by atoms with Crippen LogP contribution in [0.3, 0.4) is 0 Å². The molecular formula is C15H17F3N2O3S. The third kappa shape index (κ3) is 3.32. The van der Waals surface area contributed by atoms with Crippen LogP contribution < -0.4 is 10.6 Å². The van der Waals surface area contributed by atoms with Crippen LogP contribution in [0.5, 0.6) is 0 Å². The second-order valence-electron chi connectivity index (χ2n) is 5.48. The molecule has 3 atom stereocenters. The highest BCUT2D eigenvalue weighted by Gasteiger charge is 2.66. The lowest BCUT2D eigenvalue weighted by molar-refractivity contribution is -0.292. The molecule has 1 aliphatic rings. The number of aliphatic hydroxyl groups is 1. The zero-order valence-electron chi connectivity index (χ0n) is 13.0. The lowest BCUT2D eigenvalue weighted by Gasteiger charge is -2.45. The van der Waals surface area contributed by atoms with Crippen molar-refractivity contribution in [2.75, 3.05) is 6.61 Å². The van der Waals surface area contributed by atoms with Gasteiger partial charge in [0.25, 0.3) is 5.72 Å². The largest absolute Gasteiger partial charge is 0.466 e. The molecule has 1 heterocycles. The van der Waals surface area contributed by atoms with Gasteiger partial charge in [0, 0.05) is 0 Å². The summed E-state index contributed by atoms with van der Waals surface area (Å²) >= 11 is 4.80. The molecule has 132 valence electrons. The van der Waals surface area contributed by atoms with E-state index in [1.54, 1.807) is 36.5 Å². The monoisotopic (exact) mass is 362 g/mol. The molecule has 0 aromatic heterocycles. The Morgan fingerprint density at radius 3 is 2.67 bits per heavy atom. The Morgan fingerprint density at radius 1 is 1.46 bits per heavy atom. The van der Waals surface area contributed by atoms with Crippen LogP contribution in [0.2, 0.25) is 0 Å². The summed E-state index contributed by atoms with van der Waals surface area (Å²) in [6, 6.07) is 5.39. The van der Waals surface area contributed by atoms with E-state index in [9.17, 15) is 23.1 Å². The van der Waals surface area contributed by atoms with Crippen molar-refractivity contribution < 1.29 is 27.8 Å². The average molecular weight is 362 g/mol. The lowest BCUT2D eigenvalue weighted by atomic mass is 9.82. The zero-order chi connectivity index (χ0) is 18.1. The van der Waals surface area contributed by atoms with Crippen LogP contribution in [0.15, 0.2) is 24.3 Å². The van der Waals surface area contributed by atoms with Gasteiger partial charge in [-0.1, -0.05) is 29.8 Å². The number of aryl methyl sites for hydroxylation is 1. The molecule has 5 nitrogen and oxygen atoms in total. The van der Waals surface area contributed by atoms with Gasteiger partial charge in [-0.3, -0.25) is 4.79 Å². The van der Waals surface area contributed by atoms with E-state index >= 15 is 0 Å². The van der Waals surface area contributed by atoms with Gasteiger partial charge in [0.15, 0.2) is 5.11 Å². The van der Waals surface area contributed by atoms with E-state index in [1.807, 2.05) is 0 Å². The Hall–Kier alpha value is -1.87. The molecule has 0 saturated carbocycles. The van der Waals surface area contributed by atoms with Crippen molar-refractivity contribution in [2.45, 2.75) is 31.8 Å². The van der Waals surface area contributed by atoms with Crippen LogP contribution in [0.25, 0.3) is 0 Å². The predicted molar refractivity (Wildman–Crippen MR) is 83.9 cm³/mol. The Bertz CT molecular complexity index is 653. The molecule has 0 amide bonds. The van der Waals surface area contributed by atoms with Crippen molar-refractivity contribution in [3.63, 3.8) is 0 Å². The number of hydrogen-bond donors (Lipinski definition) is 3. The highest BCUT2D eigenvalue weighted by Crippen LogP contribution is 2.43. The number of carbonyl (C=O) groups excluding carboxylic acids is 1. The average Bonchev–Trinajstić information content (AvgIpc) is 2.45. The van der Waals surface area contributed by atoms with Gasteiger partial charge in [-0.05, 0) is 31.6 Å². The van der Waals surface area contributed by atoms with Crippen LogP contribution in [0.4, 0.5) is 13.2 Å². The Balaban J connectivity index is 2.57. The van der Waals surface area contributed by atoms with Crippen LogP contribution in [-0.2, 0) is 9.53 Å². The second kappa shape index (κ2) is 6.56. The fourth-order valence-electron chi connectivity index (χ4n) is 2.68. The summed E-state index contributed by atoms with van der Waals surface area (Å²) in [4.78, 5) is 12.2. The van der Waals surface area contributed by atoms with Crippen LogP contribution in [0.1, 0.15) is 24.1 Å². The normalized spacial score (nSPS) is 27.2. The molecule has 0 radical (unpaired) electrons. The summed E-state index contributed by atoms with van der Waals surface area (Å²) < 4.78 is 45.3. The van der Waals surface area contributed by atoms with Crippen molar-refractivity contribution in [2.24, 2.45) is 5.92 Å². The Labute approximate surface area is 142 Å². The third-order valence-electron chi connectivity index (χ3n) is 3.75. The molecule has 1 fully saturated rings. The number of esters is 1. The minimum atomic E-state index is -5.14. The molecule has 2 rings (SSSR count). The van der Waals surface area contributed by atoms with Crippen molar-refractivity contribution >= 4 is 23.3 Å². The second-order valence-corrected chi connectivity index (χ2v) is 5.89. The maximum Gasteiger partial charge on any atom is 0.437 e. The van der Waals surface area contributed by atoms with Gasteiger partial charge in [0.05, 0.1) is 12.6 Å². The van der Waals surface area contributed by atoms with Gasteiger partial charge < -0.3 is 20.5 Å². The highest BCUT2D eigenvalue weighted by molar-refractivity contribution is 7.80. The number of ether oxygens (including phenoxy) is 1. The first kappa shape index (κ1) is 18.5. The third-order valence-corrected chi connectivity index (χ3v) is 3.97. The minimum Gasteiger partial charge on any atom is -0.466 e. The number of rotatable bonds is 3. The maximum atomic E-state index is 13.5. The predicted octanol–water partition coefficient (Wildman–Crippen LogP) is 1.94. The molecule has 0 aliphatic carbocycles. The van der Waals surface area contributed by atoms with Gasteiger partial charge in [-0.15, -0.1) is 0 Å². The van der Waals surface area contributed by atoms with E-state index in [0.717, 1.165) is 5.56 Å². The zero-order valence-corrected chi connectivity index (χ0v) is 13.8. The molecule has 9 heteroatoms. The first-order valence-corrected chi connectivity index (χ1v) is 7.62. The van der Waals surface area contributed by atoms with Crippen molar-refractivity contribution in [1.82, 2.24) is 10.6 Å². The van der Waals surface area contributed by atoms with E-state index in [2.05, 4.69) is 5.32 Å². The summed E-state index contributed by atoms with van der Waals surface area (Å²) in [6.07, 6.45) is -5.14. The van der Waals surface area contributed by atoms with Crippen molar-refractivity contribution in [3.05, 3.63) is 35.4 Å². The fraction of sp³-hybridized carbons (Fsp3) is 0.467. The van der Waals surface area contributed by atoms with Gasteiger partial charge in [-0.25, -0.2) is 0 Å². The number of alkyl halides is 3. The number of nitrogens with one attached hydrogen (secondary N) is 2. The number of hydrogen-bond acceptors (Lipinski definition) is 4. The van der Waals surface area contributed by atoms with Crippen LogP contribution in [0, 0.1) is 12.8 Å². The summed E-state index contributed by atoms with van der Waals surface area (Å²) in [5, 5.41) is 14.3. The molecule has 1 aromatic carbocycles. The smallest absolute Gasteiger partial charge is 0.437 e. The number of halogens is 3. The van der Waals surface area contributed by atoms with Gasteiger partial charge in [0.2, 0.25) is 0 Å². The van der Waals surface area contributed by atoms with Crippen molar-refractivity contribution in [3.8, 4) is 0 Å². The molecule has 3 unspecified atom stereocenters. The highest BCUT2D eigenvalue weighted by atomic mass is 32.1. The molecular weight excluding hydrogens is 345 g/mol. The quantitative estimate of drug-likeness (QED) is 0.564. The van der Waals surface area contributed by atoms with Gasteiger partial charge in [0.1, 0.15) is 5.92 Å². The topological polar surface area (TPSA) is 70.6 Å². The van der Waals surface area contributed by atoms with E-state index in [0.29, 0.717) is 5.56 Å².